The quantitative estimate of drug-likeness (QED) is 0.695. The Morgan fingerprint density at radius 1 is 1.19 bits per heavy atom. The van der Waals surface area contributed by atoms with Crippen LogP contribution in [0.1, 0.15) is 37.9 Å². The van der Waals surface area contributed by atoms with E-state index in [0.29, 0.717) is 22.7 Å². The maximum atomic E-state index is 12.4. The molecule has 1 aromatic carbocycles. The molecule has 26 heavy (non-hydrogen) atoms. The van der Waals surface area contributed by atoms with Crippen LogP contribution in [-0.4, -0.2) is 28.1 Å². The Morgan fingerprint density at radius 3 is 2.73 bits per heavy atom. The van der Waals surface area contributed by atoms with Crippen LogP contribution in [-0.2, 0) is 6.42 Å². The van der Waals surface area contributed by atoms with Crippen molar-refractivity contribution in [3.63, 3.8) is 0 Å². The number of benzene rings is 1. The predicted molar refractivity (Wildman–Crippen MR) is 98.4 cm³/mol. The van der Waals surface area contributed by atoms with Crippen LogP contribution >= 0.6 is 11.3 Å². The first-order valence-electron chi connectivity index (χ1n) is 8.06. The van der Waals surface area contributed by atoms with E-state index in [1.807, 2.05) is 19.1 Å². The van der Waals surface area contributed by atoms with Gasteiger partial charge in [0.05, 0.1) is 6.26 Å². The minimum atomic E-state index is -0.348. The molecule has 0 unspecified atom stereocenters. The van der Waals surface area contributed by atoms with E-state index in [2.05, 4.69) is 20.8 Å². The normalized spacial score (nSPS) is 11.8. The van der Waals surface area contributed by atoms with Crippen molar-refractivity contribution in [3.05, 3.63) is 64.0 Å². The fourth-order valence-electron chi connectivity index (χ4n) is 2.40. The fraction of sp³-hybridized carbons (Fsp3) is 0.222. The lowest BCUT2D eigenvalue weighted by molar-refractivity contribution is 0.0938. The lowest BCUT2D eigenvalue weighted by Gasteiger charge is -2.13. The topological polar surface area (TPSA) is 97.1 Å². The third kappa shape index (κ3) is 4.54. The van der Waals surface area contributed by atoms with Crippen molar-refractivity contribution in [1.82, 2.24) is 15.5 Å². The van der Waals surface area contributed by atoms with E-state index in [0.717, 1.165) is 5.76 Å². The van der Waals surface area contributed by atoms with Gasteiger partial charge in [0.25, 0.3) is 11.8 Å². The highest BCUT2D eigenvalue weighted by molar-refractivity contribution is 7.13. The van der Waals surface area contributed by atoms with Gasteiger partial charge in [-0.1, -0.05) is 17.4 Å². The van der Waals surface area contributed by atoms with Crippen molar-refractivity contribution >= 4 is 28.8 Å². The Labute approximate surface area is 154 Å². The van der Waals surface area contributed by atoms with Crippen LogP contribution in [0, 0.1) is 6.92 Å². The number of carbonyl (C=O) groups is 2. The van der Waals surface area contributed by atoms with Gasteiger partial charge in [0.2, 0.25) is 5.01 Å². The Morgan fingerprint density at radius 2 is 2.04 bits per heavy atom. The van der Waals surface area contributed by atoms with Crippen molar-refractivity contribution in [2.45, 2.75) is 26.3 Å². The molecule has 0 spiro atoms. The molecule has 3 aromatic rings. The average Bonchev–Trinajstić information content (AvgIpc) is 3.26. The number of furan rings is 1. The summed E-state index contributed by atoms with van der Waals surface area (Å²) in [5.41, 5.74) is 0.983. The van der Waals surface area contributed by atoms with Gasteiger partial charge in [0, 0.05) is 23.7 Å². The van der Waals surface area contributed by atoms with E-state index in [1.165, 1.54) is 11.3 Å². The van der Waals surface area contributed by atoms with Crippen LogP contribution in [0.4, 0.5) is 5.69 Å². The van der Waals surface area contributed by atoms with E-state index in [4.69, 9.17) is 4.42 Å². The first kappa shape index (κ1) is 17.8. The number of rotatable bonds is 6. The highest BCUT2D eigenvalue weighted by Crippen LogP contribution is 2.15. The van der Waals surface area contributed by atoms with Gasteiger partial charge in [-0.3, -0.25) is 9.59 Å². The summed E-state index contributed by atoms with van der Waals surface area (Å²) in [5, 5.41) is 14.3. The van der Waals surface area contributed by atoms with Gasteiger partial charge in [-0.2, -0.15) is 0 Å². The molecular formula is C18H18N4O3S. The molecule has 2 heterocycles. The number of amides is 2. The first-order valence-corrected chi connectivity index (χ1v) is 8.87. The Kier molecular flexibility index (Phi) is 5.43. The van der Waals surface area contributed by atoms with Crippen LogP contribution < -0.4 is 10.6 Å². The highest BCUT2D eigenvalue weighted by atomic mass is 32.1. The molecule has 0 aliphatic rings. The maximum Gasteiger partial charge on any atom is 0.286 e. The maximum absolute atomic E-state index is 12.4. The van der Waals surface area contributed by atoms with Gasteiger partial charge >= 0.3 is 0 Å². The summed E-state index contributed by atoms with van der Waals surface area (Å²) in [7, 11) is 0. The highest BCUT2D eigenvalue weighted by Gasteiger charge is 2.14. The second kappa shape index (κ2) is 7.92. The molecule has 7 nitrogen and oxygen atoms in total. The Hall–Kier alpha value is -3.00. The van der Waals surface area contributed by atoms with E-state index in [1.54, 1.807) is 37.5 Å². The molecule has 2 N–H and O–H groups in total. The Balaban J connectivity index is 1.62. The lowest BCUT2D eigenvalue weighted by Crippen LogP contribution is -2.34. The van der Waals surface area contributed by atoms with E-state index < -0.39 is 0 Å². The minimum absolute atomic E-state index is 0.0868. The van der Waals surface area contributed by atoms with Gasteiger partial charge in [-0.25, -0.2) is 0 Å². The van der Waals surface area contributed by atoms with Gasteiger partial charge in [-0.05, 0) is 44.2 Å². The molecule has 0 aliphatic carbocycles. The lowest BCUT2D eigenvalue weighted by atomic mass is 10.1. The second-order valence-corrected chi connectivity index (χ2v) is 7.00. The van der Waals surface area contributed by atoms with Crippen LogP contribution in [0.25, 0.3) is 0 Å². The number of aryl methyl sites for hydroxylation is 1. The van der Waals surface area contributed by atoms with Crippen molar-refractivity contribution in [2.75, 3.05) is 5.32 Å². The zero-order valence-electron chi connectivity index (χ0n) is 14.4. The third-order valence-electron chi connectivity index (χ3n) is 3.57. The van der Waals surface area contributed by atoms with Gasteiger partial charge in [-0.15, -0.1) is 10.2 Å². The van der Waals surface area contributed by atoms with E-state index in [-0.39, 0.29) is 22.9 Å². The van der Waals surface area contributed by atoms with Gasteiger partial charge in [0.1, 0.15) is 10.8 Å². The van der Waals surface area contributed by atoms with Gasteiger partial charge in [0.15, 0.2) is 0 Å². The zero-order valence-corrected chi connectivity index (χ0v) is 15.2. The largest absolute Gasteiger partial charge is 0.469 e. The van der Waals surface area contributed by atoms with E-state index >= 15 is 0 Å². The molecule has 0 aliphatic heterocycles. The molecule has 3 rings (SSSR count). The van der Waals surface area contributed by atoms with Crippen LogP contribution in [0.5, 0.6) is 0 Å². The molecule has 0 bridgehead atoms. The predicted octanol–water partition coefficient (Wildman–Crippen LogP) is 3.05. The molecule has 1 atom stereocenters. The SMILES string of the molecule is Cc1nnc(C(=O)Nc2cccc(C(=O)N[C@@H](C)Cc3ccco3)c2)s1. The summed E-state index contributed by atoms with van der Waals surface area (Å²) in [6.07, 6.45) is 2.21. The molecule has 2 aromatic heterocycles. The zero-order chi connectivity index (χ0) is 18.5. The molecule has 0 radical (unpaired) electrons. The van der Waals surface area contributed by atoms with Crippen LogP contribution in [0.15, 0.2) is 47.1 Å². The third-order valence-corrected chi connectivity index (χ3v) is 4.41. The smallest absolute Gasteiger partial charge is 0.286 e. The molecule has 0 fully saturated rings. The van der Waals surface area contributed by atoms with Crippen molar-refractivity contribution in [3.8, 4) is 0 Å². The van der Waals surface area contributed by atoms with Crippen LogP contribution in [0.3, 0.4) is 0 Å². The summed E-state index contributed by atoms with van der Waals surface area (Å²) < 4.78 is 5.29. The summed E-state index contributed by atoms with van der Waals surface area (Å²) in [6, 6.07) is 10.3. The summed E-state index contributed by atoms with van der Waals surface area (Å²) in [4.78, 5) is 24.6. The average molecular weight is 370 g/mol. The number of nitrogens with zero attached hydrogens (tertiary/aromatic N) is 2. The van der Waals surface area contributed by atoms with Crippen molar-refractivity contribution in [2.24, 2.45) is 0 Å². The van der Waals surface area contributed by atoms with Crippen molar-refractivity contribution in [1.29, 1.82) is 0 Å². The molecule has 2 amide bonds. The van der Waals surface area contributed by atoms with E-state index in [9.17, 15) is 9.59 Å². The standard InChI is InChI=1S/C18H18N4O3S/c1-11(9-15-7-4-8-25-15)19-16(23)13-5-3-6-14(10-13)20-17(24)18-22-21-12(2)26-18/h3-8,10-11H,9H2,1-2H3,(H,19,23)(H,20,24)/t11-/m0/s1. The minimum Gasteiger partial charge on any atom is -0.469 e. The summed E-state index contributed by atoms with van der Waals surface area (Å²) in [6.45, 7) is 3.69. The number of nitrogens with one attached hydrogen (secondary N) is 2. The molecular weight excluding hydrogens is 352 g/mol. The number of aromatic nitrogens is 2. The molecule has 8 heteroatoms. The summed E-state index contributed by atoms with van der Waals surface area (Å²) >= 11 is 1.21. The molecule has 134 valence electrons. The molecule has 0 saturated carbocycles. The first-order chi connectivity index (χ1) is 12.5. The Bertz CT molecular complexity index is 905. The number of anilines is 1. The number of carbonyl (C=O) groups excluding carboxylic acids is 2. The van der Waals surface area contributed by atoms with Crippen LogP contribution in [0.2, 0.25) is 0 Å². The fourth-order valence-corrected chi connectivity index (χ4v) is 2.99. The molecule has 0 saturated heterocycles. The number of hydrogen-bond donors (Lipinski definition) is 2. The van der Waals surface area contributed by atoms with Crippen molar-refractivity contribution < 1.29 is 14.0 Å². The second-order valence-electron chi connectivity index (χ2n) is 5.82. The summed E-state index contributed by atoms with van der Waals surface area (Å²) in [5.74, 6) is 0.248. The number of hydrogen-bond acceptors (Lipinski definition) is 6. The monoisotopic (exact) mass is 370 g/mol. The van der Waals surface area contributed by atoms with Gasteiger partial charge < -0.3 is 15.1 Å².